The summed E-state index contributed by atoms with van der Waals surface area (Å²) >= 11 is 0. The molecule has 1 atom stereocenters. The number of amides is 1. The van der Waals surface area contributed by atoms with Crippen LogP contribution in [0.3, 0.4) is 0 Å². The van der Waals surface area contributed by atoms with Crippen molar-refractivity contribution in [2.45, 2.75) is 103 Å². The van der Waals surface area contributed by atoms with E-state index in [0.29, 0.717) is 13.0 Å². The fraction of sp³-hybridized carbons (Fsp3) is 0.818. The van der Waals surface area contributed by atoms with Crippen LogP contribution >= 0.6 is 0 Å². The number of nitrogens with one attached hydrogen (secondary N) is 1. The number of esters is 1. The summed E-state index contributed by atoms with van der Waals surface area (Å²) in [5.74, 6) is -0.425. The van der Waals surface area contributed by atoms with Crippen LogP contribution in [0.1, 0.15) is 97.3 Å². The van der Waals surface area contributed by atoms with E-state index in [9.17, 15) is 9.59 Å². The molecular weight excluding hydrogens is 342 g/mol. The van der Waals surface area contributed by atoms with Gasteiger partial charge in [0, 0.05) is 0 Å². The van der Waals surface area contributed by atoms with Gasteiger partial charge in [0.1, 0.15) is 6.04 Å². The topological polar surface area (TPSA) is 64.6 Å². The smallest absolute Gasteiger partial charge is 0.407 e. The van der Waals surface area contributed by atoms with Crippen LogP contribution in [0, 0.1) is 0 Å². The zero-order valence-corrected chi connectivity index (χ0v) is 17.6. The van der Waals surface area contributed by atoms with Crippen LogP contribution in [0.5, 0.6) is 0 Å². The predicted molar refractivity (Wildman–Crippen MR) is 111 cm³/mol. The van der Waals surface area contributed by atoms with Crippen molar-refractivity contribution in [2.24, 2.45) is 0 Å². The summed E-state index contributed by atoms with van der Waals surface area (Å²) in [6, 6.07) is -0.723. The van der Waals surface area contributed by atoms with Gasteiger partial charge in [-0.15, -0.1) is 6.58 Å². The first-order chi connectivity index (χ1) is 13.2. The monoisotopic (exact) mass is 383 g/mol. The summed E-state index contributed by atoms with van der Waals surface area (Å²) in [5.41, 5.74) is 0. The van der Waals surface area contributed by atoms with Crippen LogP contribution in [-0.2, 0) is 14.3 Å². The molecule has 5 heteroatoms. The second-order valence-corrected chi connectivity index (χ2v) is 7.00. The van der Waals surface area contributed by atoms with Crippen LogP contribution in [0.4, 0.5) is 4.79 Å². The van der Waals surface area contributed by atoms with Gasteiger partial charge in [-0.2, -0.15) is 0 Å². The Morgan fingerprint density at radius 2 is 1.37 bits per heavy atom. The van der Waals surface area contributed by atoms with Crippen LogP contribution in [0.15, 0.2) is 12.7 Å². The van der Waals surface area contributed by atoms with E-state index in [1.165, 1.54) is 64.2 Å². The quantitative estimate of drug-likeness (QED) is 0.181. The van der Waals surface area contributed by atoms with Crippen molar-refractivity contribution in [3.8, 4) is 0 Å². The highest BCUT2D eigenvalue weighted by molar-refractivity contribution is 5.81. The standard InChI is InChI=1S/C22H41NO4/c1-4-7-8-9-10-11-12-13-14-15-16-17-19-27-21(24)20(18-5-2)23-22(25)26-6-3/h5,20H,2,4,6-19H2,1,3H3,(H,23,25). The lowest BCUT2D eigenvalue weighted by Crippen LogP contribution is -2.41. The summed E-state index contributed by atoms with van der Waals surface area (Å²) in [4.78, 5) is 23.5. The Labute approximate surface area is 166 Å². The van der Waals surface area contributed by atoms with Crippen molar-refractivity contribution in [1.29, 1.82) is 0 Å². The summed E-state index contributed by atoms with van der Waals surface area (Å²) in [5, 5.41) is 2.51. The molecule has 0 aliphatic rings. The number of alkyl carbamates (subject to hydrolysis) is 1. The SMILES string of the molecule is C=CCC(NC(=O)OCC)C(=O)OCCCCCCCCCCCCCC. The Morgan fingerprint density at radius 1 is 0.852 bits per heavy atom. The number of ether oxygens (including phenoxy) is 2. The average molecular weight is 384 g/mol. The van der Waals surface area contributed by atoms with E-state index in [2.05, 4.69) is 18.8 Å². The third kappa shape index (κ3) is 16.4. The van der Waals surface area contributed by atoms with E-state index in [-0.39, 0.29) is 6.61 Å². The minimum absolute atomic E-state index is 0.264. The molecule has 0 rings (SSSR count). The van der Waals surface area contributed by atoms with E-state index in [0.717, 1.165) is 12.8 Å². The van der Waals surface area contributed by atoms with Crippen molar-refractivity contribution in [1.82, 2.24) is 5.32 Å². The van der Waals surface area contributed by atoms with Gasteiger partial charge in [-0.1, -0.05) is 83.6 Å². The first-order valence-corrected chi connectivity index (χ1v) is 10.9. The lowest BCUT2D eigenvalue weighted by atomic mass is 10.1. The van der Waals surface area contributed by atoms with Gasteiger partial charge in [0.05, 0.1) is 13.2 Å². The number of unbranched alkanes of at least 4 members (excludes halogenated alkanes) is 11. The molecule has 0 saturated carbocycles. The lowest BCUT2D eigenvalue weighted by Gasteiger charge is -2.15. The molecule has 0 fully saturated rings. The minimum Gasteiger partial charge on any atom is -0.464 e. The third-order valence-electron chi connectivity index (χ3n) is 4.50. The molecule has 0 aromatic heterocycles. The van der Waals surface area contributed by atoms with Gasteiger partial charge < -0.3 is 14.8 Å². The van der Waals surface area contributed by atoms with E-state index in [1.807, 2.05) is 0 Å². The third-order valence-corrected chi connectivity index (χ3v) is 4.50. The number of carbonyl (C=O) groups is 2. The molecule has 0 bridgehead atoms. The van der Waals surface area contributed by atoms with Gasteiger partial charge in [-0.3, -0.25) is 0 Å². The predicted octanol–water partition coefficient (Wildman–Crippen LogP) is 5.92. The van der Waals surface area contributed by atoms with E-state index >= 15 is 0 Å². The van der Waals surface area contributed by atoms with Crippen molar-refractivity contribution in [3.63, 3.8) is 0 Å². The van der Waals surface area contributed by atoms with Gasteiger partial charge in [0.2, 0.25) is 0 Å². The van der Waals surface area contributed by atoms with Gasteiger partial charge in [-0.05, 0) is 19.8 Å². The molecule has 158 valence electrons. The zero-order chi connectivity index (χ0) is 20.2. The molecule has 0 radical (unpaired) electrons. The lowest BCUT2D eigenvalue weighted by molar-refractivity contribution is -0.146. The van der Waals surface area contributed by atoms with Crippen LogP contribution in [0.2, 0.25) is 0 Å². The molecule has 5 nitrogen and oxygen atoms in total. The van der Waals surface area contributed by atoms with Crippen LogP contribution in [-0.4, -0.2) is 31.3 Å². The first kappa shape index (κ1) is 25.5. The molecule has 27 heavy (non-hydrogen) atoms. The maximum absolute atomic E-state index is 12.0. The molecule has 0 aliphatic carbocycles. The largest absolute Gasteiger partial charge is 0.464 e. The zero-order valence-electron chi connectivity index (χ0n) is 17.6. The molecule has 0 heterocycles. The summed E-state index contributed by atoms with van der Waals surface area (Å²) in [6.07, 6.45) is 16.5. The number of rotatable bonds is 18. The van der Waals surface area contributed by atoms with Gasteiger partial charge in [0.25, 0.3) is 0 Å². The highest BCUT2D eigenvalue weighted by atomic mass is 16.6. The molecule has 0 saturated heterocycles. The fourth-order valence-corrected chi connectivity index (χ4v) is 2.91. The van der Waals surface area contributed by atoms with Crippen molar-refractivity contribution in [3.05, 3.63) is 12.7 Å². The van der Waals surface area contributed by atoms with Crippen LogP contribution < -0.4 is 5.32 Å². The first-order valence-electron chi connectivity index (χ1n) is 10.9. The second-order valence-electron chi connectivity index (χ2n) is 7.00. The molecule has 1 amide bonds. The highest BCUT2D eigenvalue weighted by Gasteiger charge is 2.21. The molecule has 1 N–H and O–H groups in total. The summed E-state index contributed by atoms with van der Waals surface area (Å²) in [6.45, 7) is 8.23. The molecule has 0 aromatic rings. The van der Waals surface area contributed by atoms with E-state index in [1.54, 1.807) is 13.0 Å². The van der Waals surface area contributed by atoms with E-state index < -0.39 is 18.1 Å². The molecule has 0 spiro atoms. The molecule has 0 aromatic carbocycles. The summed E-state index contributed by atoms with van der Waals surface area (Å²) in [7, 11) is 0. The number of hydrogen-bond donors (Lipinski definition) is 1. The summed E-state index contributed by atoms with van der Waals surface area (Å²) < 4.78 is 10.1. The van der Waals surface area contributed by atoms with Gasteiger partial charge in [-0.25, -0.2) is 9.59 Å². The fourth-order valence-electron chi connectivity index (χ4n) is 2.91. The molecule has 0 aliphatic heterocycles. The number of carbonyl (C=O) groups excluding carboxylic acids is 2. The highest BCUT2D eigenvalue weighted by Crippen LogP contribution is 2.12. The van der Waals surface area contributed by atoms with Crippen molar-refractivity contribution in [2.75, 3.05) is 13.2 Å². The Balaban J connectivity index is 3.59. The number of hydrogen-bond acceptors (Lipinski definition) is 4. The minimum atomic E-state index is -0.723. The average Bonchev–Trinajstić information content (AvgIpc) is 2.65. The maximum atomic E-state index is 12.0. The Hall–Kier alpha value is -1.52. The van der Waals surface area contributed by atoms with E-state index in [4.69, 9.17) is 9.47 Å². The van der Waals surface area contributed by atoms with Crippen LogP contribution in [0.25, 0.3) is 0 Å². The Kier molecular flexibility index (Phi) is 18.2. The van der Waals surface area contributed by atoms with Gasteiger partial charge in [0.15, 0.2) is 0 Å². The Morgan fingerprint density at radius 3 is 1.85 bits per heavy atom. The normalized spacial score (nSPS) is 11.6. The van der Waals surface area contributed by atoms with Gasteiger partial charge >= 0.3 is 12.1 Å². The van der Waals surface area contributed by atoms with Crippen molar-refractivity contribution < 1.29 is 19.1 Å². The molecule has 1 unspecified atom stereocenters. The Bertz CT molecular complexity index is 385. The maximum Gasteiger partial charge on any atom is 0.407 e. The van der Waals surface area contributed by atoms with Crippen molar-refractivity contribution >= 4 is 12.1 Å². The second kappa shape index (κ2) is 19.2. The molecular formula is C22H41NO4.